The number of ether oxygens (including phenoxy) is 1. The maximum absolute atomic E-state index is 14.4. The highest BCUT2D eigenvalue weighted by Crippen LogP contribution is 2.44. The molecule has 2 fully saturated rings. The number of aliphatic carboxylic acids is 1. The lowest BCUT2D eigenvalue weighted by Crippen LogP contribution is -2.50. The number of imide groups is 1. The Bertz CT molecular complexity index is 1730. The number of benzene rings is 2. The summed E-state index contributed by atoms with van der Waals surface area (Å²) >= 11 is 4.98. The second-order valence-electron chi connectivity index (χ2n) is 12.5. The van der Waals surface area contributed by atoms with Gasteiger partial charge in [0.05, 0.1) is 53.8 Å². The zero-order chi connectivity index (χ0) is 32.8. The number of thiazole rings is 1. The van der Waals surface area contributed by atoms with E-state index in [1.54, 1.807) is 45.8 Å². The standard InChI is InChI=1S/C34H33BrN4O7S/c35-25-9-10-27(46-19-11-13-37(16-19)33(43)28-15-36-18-47-28)29-24(25)12-14-38(30(40)22-7-3-4-8-23(22)34(44)45)26(29)17-39-31(41)20-5-1-2-6-21(20)32(39)42/h1-2,5-6,9-10,15,18-19,22-23,26H,3-4,7-8,11-14,16-17H2,(H,44,45)/t19?,22?,23-,26-/m1/s1. The van der Waals surface area contributed by atoms with E-state index in [0.717, 1.165) is 22.9 Å². The van der Waals surface area contributed by atoms with Gasteiger partial charge in [0.1, 0.15) is 16.7 Å². The largest absolute Gasteiger partial charge is 0.488 e. The Morgan fingerprint density at radius 3 is 2.38 bits per heavy atom. The molecule has 3 aromatic rings. The van der Waals surface area contributed by atoms with Crippen LogP contribution in [0.3, 0.4) is 0 Å². The van der Waals surface area contributed by atoms with Gasteiger partial charge in [-0.05, 0) is 49.1 Å². The number of hydrogen-bond acceptors (Lipinski definition) is 8. The number of nitrogens with zero attached hydrogens (tertiary/aromatic N) is 4. The lowest BCUT2D eigenvalue weighted by molar-refractivity contribution is -0.153. The van der Waals surface area contributed by atoms with Crippen molar-refractivity contribution in [2.24, 2.45) is 11.8 Å². The second kappa shape index (κ2) is 12.8. The van der Waals surface area contributed by atoms with Crippen molar-refractivity contribution in [3.63, 3.8) is 0 Å². The van der Waals surface area contributed by atoms with E-state index in [-0.39, 0.29) is 24.5 Å². The molecule has 4 aliphatic rings. The molecule has 7 rings (SSSR count). The summed E-state index contributed by atoms with van der Waals surface area (Å²) in [5.41, 5.74) is 3.84. The normalized spacial score (nSPS) is 23.9. The van der Waals surface area contributed by atoms with Crippen molar-refractivity contribution in [2.45, 2.75) is 50.7 Å². The molecule has 1 aliphatic carbocycles. The summed E-state index contributed by atoms with van der Waals surface area (Å²) in [6, 6.07) is 9.61. The van der Waals surface area contributed by atoms with Crippen molar-refractivity contribution >= 4 is 56.9 Å². The van der Waals surface area contributed by atoms with Crippen LogP contribution in [0.15, 0.2) is 52.6 Å². The second-order valence-corrected chi connectivity index (χ2v) is 14.2. The summed E-state index contributed by atoms with van der Waals surface area (Å²) in [5, 5.41) is 10.0. The first-order chi connectivity index (χ1) is 22.7. The highest BCUT2D eigenvalue weighted by molar-refractivity contribution is 9.10. The van der Waals surface area contributed by atoms with E-state index in [9.17, 15) is 29.1 Å². The van der Waals surface area contributed by atoms with E-state index >= 15 is 0 Å². The predicted molar refractivity (Wildman–Crippen MR) is 174 cm³/mol. The molecule has 0 radical (unpaired) electrons. The van der Waals surface area contributed by atoms with E-state index < -0.39 is 35.7 Å². The number of likely N-dealkylation sites (tertiary alicyclic amines) is 1. The maximum Gasteiger partial charge on any atom is 0.307 e. The van der Waals surface area contributed by atoms with Gasteiger partial charge < -0.3 is 19.6 Å². The number of hydrogen-bond donors (Lipinski definition) is 1. The van der Waals surface area contributed by atoms with Gasteiger partial charge in [0, 0.05) is 29.5 Å². The van der Waals surface area contributed by atoms with Gasteiger partial charge >= 0.3 is 5.97 Å². The fourth-order valence-corrected chi connectivity index (χ4v) is 8.65. The van der Waals surface area contributed by atoms with Crippen molar-refractivity contribution in [1.29, 1.82) is 0 Å². The third-order valence-electron chi connectivity index (χ3n) is 9.86. The van der Waals surface area contributed by atoms with E-state index in [4.69, 9.17) is 4.74 Å². The van der Waals surface area contributed by atoms with E-state index in [0.29, 0.717) is 72.6 Å². The molecule has 0 spiro atoms. The van der Waals surface area contributed by atoms with Crippen molar-refractivity contribution in [1.82, 2.24) is 19.7 Å². The van der Waals surface area contributed by atoms with Gasteiger partial charge in [0.15, 0.2) is 0 Å². The lowest BCUT2D eigenvalue weighted by Gasteiger charge is -2.43. The Balaban J connectivity index is 1.24. The minimum Gasteiger partial charge on any atom is -0.488 e. The fourth-order valence-electron chi connectivity index (χ4n) is 7.51. The number of rotatable bonds is 7. The van der Waals surface area contributed by atoms with Crippen LogP contribution in [0.2, 0.25) is 0 Å². The first kappa shape index (κ1) is 31.5. The highest BCUT2D eigenvalue weighted by Gasteiger charge is 2.45. The van der Waals surface area contributed by atoms with Crippen LogP contribution >= 0.6 is 27.3 Å². The molecule has 2 unspecified atom stereocenters. The maximum atomic E-state index is 14.4. The number of amides is 4. The summed E-state index contributed by atoms with van der Waals surface area (Å²) < 4.78 is 7.44. The van der Waals surface area contributed by atoms with Crippen molar-refractivity contribution in [3.05, 3.63) is 79.7 Å². The summed E-state index contributed by atoms with van der Waals surface area (Å²) in [6.07, 6.45) is 4.71. The molecular weight excluding hydrogens is 688 g/mol. The van der Waals surface area contributed by atoms with E-state index in [1.807, 2.05) is 12.1 Å². The van der Waals surface area contributed by atoms with Gasteiger partial charge in [-0.15, -0.1) is 11.3 Å². The molecule has 1 aromatic heterocycles. The zero-order valence-corrected chi connectivity index (χ0v) is 27.9. The molecular formula is C34H33BrN4O7S. The molecule has 2 aromatic carbocycles. The Labute approximate surface area is 283 Å². The van der Waals surface area contributed by atoms with Crippen LogP contribution in [0.1, 0.15) is 79.7 Å². The monoisotopic (exact) mass is 720 g/mol. The molecule has 1 N–H and O–H groups in total. The Morgan fingerprint density at radius 2 is 1.70 bits per heavy atom. The van der Waals surface area contributed by atoms with Crippen LogP contribution < -0.4 is 4.74 Å². The van der Waals surface area contributed by atoms with Crippen molar-refractivity contribution < 1.29 is 33.8 Å². The van der Waals surface area contributed by atoms with E-state index in [2.05, 4.69) is 20.9 Å². The summed E-state index contributed by atoms with van der Waals surface area (Å²) in [4.78, 5) is 76.0. The van der Waals surface area contributed by atoms with Crippen LogP contribution in [0, 0.1) is 11.8 Å². The number of fused-ring (bicyclic) bond motifs is 2. The Kier molecular flexibility index (Phi) is 8.60. The average Bonchev–Trinajstić information content (AvgIpc) is 3.84. The minimum absolute atomic E-state index is 0.0998. The van der Waals surface area contributed by atoms with Gasteiger partial charge in [-0.1, -0.05) is 40.9 Å². The van der Waals surface area contributed by atoms with Gasteiger partial charge in [-0.3, -0.25) is 33.9 Å². The number of aromatic nitrogens is 1. The first-order valence-electron chi connectivity index (χ1n) is 15.9. The molecule has 1 saturated carbocycles. The third-order valence-corrected chi connectivity index (χ3v) is 11.4. The van der Waals surface area contributed by atoms with Crippen LogP contribution in [0.25, 0.3) is 0 Å². The minimum atomic E-state index is -0.984. The zero-order valence-electron chi connectivity index (χ0n) is 25.5. The topological polar surface area (TPSA) is 137 Å². The van der Waals surface area contributed by atoms with Gasteiger partial charge in [-0.2, -0.15) is 0 Å². The summed E-state index contributed by atoms with van der Waals surface area (Å²) in [5.74, 6) is -3.22. The molecule has 3 aliphatic heterocycles. The van der Waals surface area contributed by atoms with Gasteiger partial charge in [0.2, 0.25) is 5.91 Å². The van der Waals surface area contributed by atoms with Gasteiger partial charge in [-0.25, -0.2) is 0 Å². The molecule has 4 heterocycles. The number of carboxylic acid groups (broad SMARTS) is 1. The van der Waals surface area contributed by atoms with Crippen LogP contribution in [-0.2, 0) is 16.0 Å². The summed E-state index contributed by atoms with van der Waals surface area (Å²) in [6.45, 7) is 1.07. The number of carboxylic acids is 1. The summed E-state index contributed by atoms with van der Waals surface area (Å²) in [7, 11) is 0. The molecule has 4 amide bonds. The van der Waals surface area contributed by atoms with Gasteiger partial charge in [0.25, 0.3) is 17.7 Å². The first-order valence-corrected chi connectivity index (χ1v) is 17.5. The lowest BCUT2D eigenvalue weighted by atomic mass is 9.77. The average molecular weight is 722 g/mol. The van der Waals surface area contributed by atoms with Crippen LogP contribution in [-0.4, -0.2) is 86.7 Å². The third kappa shape index (κ3) is 5.73. The van der Waals surface area contributed by atoms with Crippen molar-refractivity contribution in [2.75, 3.05) is 26.2 Å². The number of carbonyl (C=O) groups excluding carboxylic acids is 4. The molecule has 11 nitrogen and oxygen atoms in total. The molecule has 4 atom stereocenters. The number of halogens is 1. The number of carbonyl (C=O) groups is 5. The Morgan fingerprint density at radius 1 is 0.979 bits per heavy atom. The Hall–Kier alpha value is -4.10. The molecule has 1 saturated heterocycles. The SMILES string of the molecule is O=C(O)[C@@H]1CCCCC1C(=O)N1CCc2c(Br)ccc(OC3CCN(C(=O)c4cncs4)C3)c2[C@H]1CN1C(=O)c2ccccc2C1=O. The van der Waals surface area contributed by atoms with E-state index in [1.165, 1.54) is 16.2 Å². The fraction of sp³-hybridized carbons (Fsp3) is 0.412. The van der Waals surface area contributed by atoms with Crippen LogP contribution in [0.4, 0.5) is 0 Å². The smallest absolute Gasteiger partial charge is 0.307 e. The molecule has 244 valence electrons. The van der Waals surface area contributed by atoms with Crippen molar-refractivity contribution in [3.8, 4) is 5.75 Å². The predicted octanol–water partition coefficient (Wildman–Crippen LogP) is 4.81. The quantitative estimate of drug-likeness (QED) is 0.344. The molecule has 0 bridgehead atoms. The molecule has 47 heavy (non-hydrogen) atoms. The molecule has 13 heteroatoms. The van der Waals surface area contributed by atoms with Crippen LogP contribution in [0.5, 0.6) is 5.75 Å². The highest BCUT2D eigenvalue weighted by atomic mass is 79.9.